The number of H-pyrrole nitrogens is 1. The van der Waals surface area contributed by atoms with Crippen LogP contribution in [0, 0.1) is 5.92 Å². The highest BCUT2D eigenvalue weighted by Gasteiger charge is 2.36. The van der Waals surface area contributed by atoms with Gasteiger partial charge in [0, 0.05) is 44.4 Å². The van der Waals surface area contributed by atoms with Crippen molar-refractivity contribution in [1.82, 2.24) is 19.8 Å². The monoisotopic (exact) mass is 346 g/mol. The first kappa shape index (κ1) is 18.0. The molecule has 2 amide bonds. The van der Waals surface area contributed by atoms with Crippen LogP contribution in [0.3, 0.4) is 0 Å². The largest absolute Gasteiger partial charge is 0.348 e. The van der Waals surface area contributed by atoms with Gasteiger partial charge >= 0.3 is 0 Å². The molecule has 1 aromatic heterocycles. The summed E-state index contributed by atoms with van der Waals surface area (Å²) in [5.74, 6) is 1.89. The maximum atomic E-state index is 13.3. The van der Waals surface area contributed by atoms with E-state index in [0.29, 0.717) is 18.9 Å². The molecule has 0 radical (unpaired) electrons. The zero-order valence-corrected chi connectivity index (χ0v) is 15.4. The summed E-state index contributed by atoms with van der Waals surface area (Å²) in [7, 11) is 0. The third-order valence-corrected chi connectivity index (χ3v) is 5.36. The Bertz CT molecular complexity index is 584. The first-order valence-corrected chi connectivity index (χ1v) is 9.63. The molecule has 0 aromatic carbocycles. The molecule has 0 bridgehead atoms. The van der Waals surface area contributed by atoms with E-state index in [0.717, 1.165) is 51.0 Å². The quantitative estimate of drug-likeness (QED) is 0.891. The molecule has 0 spiro atoms. The van der Waals surface area contributed by atoms with E-state index in [4.69, 9.17) is 0 Å². The zero-order chi connectivity index (χ0) is 17.8. The Hall–Kier alpha value is -1.85. The molecule has 2 fully saturated rings. The van der Waals surface area contributed by atoms with Crippen molar-refractivity contribution in [2.75, 3.05) is 19.6 Å². The molecular weight excluding hydrogens is 316 g/mol. The van der Waals surface area contributed by atoms with Gasteiger partial charge in [-0.15, -0.1) is 0 Å². The fourth-order valence-electron chi connectivity index (χ4n) is 4.08. The van der Waals surface area contributed by atoms with Crippen molar-refractivity contribution < 1.29 is 9.59 Å². The predicted molar refractivity (Wildman–Crippen MR) is 95.9 cm³/mol. The Morgan fingerprint density at radius 1 is 1.32 bits per heavy atom. The zero-order valence-electron chi connectivity index (χ0n) is 15.4. The number of hydrogen-bond donors (Lipinski definition) is 1. The van der Waals surface area contributed by atoms with E-state index in [1.807, 2.05) is 16.0 Å². The van der Waals surface area contributed by atoms with Crippen LogP contribution in [-0.4, -0.2) is 57.3 Å². The molecule has 2 aliphatic heterocycles. The molecule has 2 aliphatic rings. The predicted octanol–water partition coefficient (Wildman–Crippen LogP) is 2.54. The molecule has 2 saturated heterocycles. The molecule has 138 valence electrons. The number of nitrogens with one attached hydrogen (secondary N) is 1. The third kappa shape index (κ3) is 4.22. The van der Waals surface area contributed by atoms with Crippen LogP contribution in [0.15, 0.2) is 12.4 Å². The van der Waals surface area contributed by atoms with Gasteiger partial charge in [-0.25, -0.2) is 4.98 Å². The molecule has 6 nitrogen and oxygen atoms in total. The minimum absolute atomic E-state index is 0.125. The number of amides is 2. The minimum Gasteiger partial charge on any atom is -0.348 e. The second-order valence-corrected chi connectivity index (χ2v) is 7.79. The summed E-state index contributed by atoms with van der Waals surface area (Å²) in [4.78, 5) is 37.1. The number of likely N-dealkylation sites (tertiary alicyclic amines) is 2. The SMILES string of the molecule is CC(C)C[C@H](C(=O)N1CCC[C@@H](c2ncc[nH]2)C1)N1CCCCC1=O. The van der Waals surface area contributed by atoms with E-state index in [1.54, 1.807) is 6.20 Å². The van der Waals surface area contributed by atoms with E-state index < -0.39 is 0 Å². The van der Waals surface area contributed by atoms with Crippen LogP contribution >= 0.6 is 0 Å². The molecule has 3 rings (SSSR count). The molecule has 0 saturated carbocycles. The lowest BCUT2D eigenvalue weighted by Gasteiger charge is -2.40. The Morgan fingerprint density at radius 3 is 2.84 bits per heavy atom. The van der Waals surface area contributed by atoms with Gasteiger partial charge in [0.2, 0.25) is 11.8 Å². The standard InChI is InChI=1S/C19H30N4O2/c1-14(2)12-16(23-11-4-3-7-17(23)24)19(25)22-10-5-6-15(13-22)18-20-8-9-21-18/h8-9,14-16H,3-7,10-13H2,1-2H3,(H,20,21)/t15-,16-/m1/s1. The minimum atomic E-state index is -0.303. The van der Waals surface area contributed by atoms with E-state index in [-0.39, 0.29) is 23.8 Å². The number of carbonyl (C=O) groups is 2. The molecule has 1 aromatic rings. The van der Waals surface area contributed by atoms with Crippen LogP contribution in [-0.2, 0) is 9.59 Å². The lowest BCUT2D eigenvalue weighted by atomic mass is 9.94. The summed E-state index contributed by atoms with van der Waals surface area (Å²) >= 11 is 0. The number of hydrogen-bond acceptors (Lipinski definition) is 3. The van der Waals surface area contributed by atoms with Crippen LogP contribution in [0.2, 0.25) is 0 Å². The Balaban J connectivity index is 1.73. The molecular formula is C19H30N4O2. The average Bonchev–Trinajstić information content (AvgIpc) is 3.14. The third-order valence-electron chi connectivity index (χ3n) is 5.36. The van der Waals surface area contributed by atoms with Gasteiger partial charge in [0.1, 0.15) is 11.9 Å². The van der Waals surface area contributed by atoms with Crippen molar-refractivity contribution in [2.45, 2.75) is 64.3 Å². The second-order valence-electron chi connectivity index (χ2n) is 7.79. The van der Waals surface area contributed by atoms with Crippen molar-refractivity contribution in [3.63, 3.8) is 0 Å². The number of carbonyl (C=O) groups excluding carboxylic acids is 2. The summed E-state index contributed by atoms with van der Waals surface area (Å²) in [5.41, 5.74) is 0. The maximum absolute atomic E-state index is 13.3. The van der Waals surface area contributed by atoms with E-state index >= 15 is 0 Å². The summed E-state index contributed by atoms with van der Waals surface area (Å²) in [6.07, 6.45) is 8.91. The van der Waals surface area contributed by atoms with Gasteiger partial charge in [-0.05, 0) is 38.0 Å². The van der Waals surface area contributed by atoms with Gasteiger partial charge in [0.05, 0.1) is 0 Å². The fraction of sp³-hybridized carbons (Fsp3) is 0.737. The number of aromatic amines is 1. The van der Waals surface area contributed by atoms with Gasteiger partial charge in [0.25, 0.3) is 0 Å². The molecule has 3 heterocycles. The number of nitrogens with zero attached hydrogens (tertiary/aromatic N) is 3. The van der Waals surface area contributed by atoms with Crippen molar-refractivity contribution in [3.05, 3.63) is 18.2 Å². The lowest BCUT2D eigenvalue weighted by molar-refractivity contribution is -0.148. The van der Waals surface area contributed by atoms with E-state index in [9.17, 15) is 9.59 Å². The highest BCUT2D eigenvalue weighted by Crippen LogP contribution is 2.27. The van der Waals surface area contributed by atoms with Crippen molar-refractivity contribution >= 4 is 11.8 Å². The highest BCUT2D eigenvalue weighted by atomic mass is 16.2. The highest BCUT2D eigenvalue weighted by molar-refractivity contribution is 5.88. The Kier molecular flexibility index (Phi) is 5.76. The average molecular weight is 346 g/mol. The summed E-state index contributed by atoms with van der Waals surface area (Å²) < 4.78 is 0. The summed E-state index contributed by atoms with van der Waals surface area (Å²) in [6, 6.07) is -0.303. The van der Waals surface area contributed by atoms with E-state index in [2.05, 4.69) is 23.8 Å². The summed E-state index contributed by atoms with van der Waals surface area (Å²) in [5, 5.41) is 0. The van der Waals surface area contributed by atoms with E-state index in [1.165, 1.54) is 0 Å². The van der Waals surface area contributed by atoms with Gasteiger partial charge < -0.3 is 14.8 Å². The second kappa shape index (κ2) is 8.02. The molecule has 0 unspecified atom stereocenters. The van der Waals surface area contributed by atoms with Crippen LogP contribution in [0.25, 0.3) is 0 Å². The lowest BCUT2D eigenvalue weighted by Crippen LogP contribution is -2.54. The van der Waals surface area contributed by atoms with Crippen LogP contribution in [0.1, 0.15) is 64.1 Å². The van der Waals surface area contributed by atoms with Crippen LogP contribution < -0.4 is 0 Å². The molecule has 25 heavy (non-hydrogen) atoms. The number of piperidine rings is 2. The van der Waals surface area contributed by atoms with Gasteiger partial charge in [0.15, 0.2) is 0 Å². The molecule has 0 aliphatic carbocycles. The van der Waals surface area contributed by atoms with Gasteiger partial charge in [-0.1, -0.05) is 13.8 Å². The topological polar surface area (TPSA) is 69.3 Å². The fourth-order valence-corrected chi connectivity index (χ4v) is 4.08. The normalized spacial score (nSPS) is 23.2. The first-order chi connectivity index (χ1) is 12.1. The Labute approximate surface area is 150 Å². The van der Waals surface area contributed by atoms with Crippen molar-refractivity contribution in [1.29, 1.82) is 0 Å². The Morgan fingerprint density at radius 2 is 2.16 bits per heavy atom. The number of rotatable bonds is 5. The van der Waals surface area contributed by atoms with Gasteiger partial charge in [-0.3, -0.25) is 9.59 Å². The maximum Gasteiger partial charge on any atom is 0.245 e. The number of aromatic nitrogens is 2. The molecule has 2 atom stereocenters. The van der Waals surface area contributed by atoms with Crippen LogP contribution in [0.5, 0.6) is 0 Å². The molecule has 1 N–H and O–H groups in total. The van der Waals surface area contributed by atoms with Crippen LogP contribution in [0.4, 0.5) is 0 Å². The van der Waals surface area contributed by atoms with Crippen molar-refractivity contribution in [2.24, 2.45) is 5.92 Å². The molecule has 6 heteroatoms. The summed E-state index contributed by atoms with van der Waals surface area (Å²) in [6.45, 7) is 6.44. The first-order valence-electron chi connectivity index (χ1n) is 9.63. The van der Waals surface area contributed by atoms with Crippen molar-refractivity contribution in [3.8, 4) is 0 Å². The van der Waals surface area contributed by atoms with Gasteiger partial charge in [-0.2, -0.15) is 0 Å². The smallest absolute Gasteiger partial charge is 0.245 e. The number of imidazole rings is 1.